The van der Waals surface area contributed by atoms with Crippen molar-refractivity contribution in [3.63, 3.8) is 0 Å². The summed E-state index contributed by atoms with van der Waals surface area (Å²) < 4.78 is 76.8. The summed E-state index contributed by atoms with van der Waals surface area (Å²) >= 11 is 0. The van der Waals surface area contributed by atoms with E-state index >= 15 is 0 Å². The van der Waals surface area contributed by atoms with Gasteiger partial charge in [0.25, 0.3) is 5.91 Å². The van der Waals surface area contributed by atoms with Crippen LogP contribution in [0.15, 0.2) is 18.2 Å². The number of nitrogens with zero attached hydrogens (tertiary/aromatic N) is 1. The number of benzene rings is 1. The maximum absolute atomic E-state index is 13.8. The van der Waals surface area contributed by atoms with E-state index in [1.54, 1.807) is 0 Å². The molecule has 1 amide bonds. The minimum atomic E-state index is -4.66. The number of nitriles is 1. The maximum atomic E-state index is 13.8. The van der Waals surface area contributed by atoms with Gasteiger partial charge in [0.1, 0.15) is 5.82 Å². The van der Waals surface area contributed by atoms with Crippen LogP contribution in [-0.4, -0.2) is 31.8 Å². The van der Waals surface area contributed by atoms with Gasteiger partial charge in [0.2, 0.25) is 10.0 Å². The van der Waals surface area contributed by atoms with Crippen LogP contribution in [0.1, 0.15) is 55.3 Å². The van der Waals surface area contributed by atoms with Gasteiger partial charge >= 0.3 is 6.18 Å². The van der Waals surface area contributed by atoms with Crippen molar-refractivity contribution in [2.75, 3.05) is 10.5 Å². The molecule has 2 bridgehead atoms. The van der Waals surface area contributed by atoms with Crippen LogP contribution in [0.2, 0.25) is 0 Å². The fourth-order valence-corrected chi connectivity index (χ4v) is 5.23. The molecule has 30 heavy (non-hydrogen) atoms. The van der Waals surface area contributed by atoms with Crippen molar-refractivity contribution in [2.24, 2.45) is 5.41 Å². The Morgan fingerprint density at radius 2 is 1.73 bits per heavy atom. The van der Waals surface area contributed by atoms with Crippen LogP contribution < -0.4 is 10.0 Å². The summed E-state index contributed by atoms with van der Waals surface area (Å²) in [7, 11) is -4.40. The van der Waals surface area contributed by atoms with Gasteiger partial charge in [0.05, 0.1) is 34.9 Å². The Kier molecular flexibility index (Phi) is 5.75. The molecule has 0 heterocycles. The van der Waals surface area contributed by atoms with E-state index in [2.05, 4.69) is 11.4 Å². The molecule has 3 aliphatic carbocycles. The number of hydrogen-bond acceptors (Lipinski definition) is 4. The highest BCUT2D eigenvalue weighted by Crippen LogP contribution is 2.52. The molecule has 0 saturated heterocycles. The van der Waals surface area contributed by atoms with Gasteiger partial charge < -0.3 is 5.32 Å². The second-order valence-corrected chi connectivity index (χ2v) is 9.94. The van der Waals surface area contributed by atoms with Crippen molar-refractivity contribution in [1.29, 1.82) is 5.26 Å². The van der Waals surface area contributed by atoms with Crippen LogP contribution in [0.3, 0.4) is 0 Å². The fourth-order valence-electron chi connectivity index (χ4n) is 4.11. The zero-order valence-electron chi connectivity index (χ0n) is 16.0. The third-order valence-electron chi connectivity index (χ3n) is 6.01. The monoisotopic (exact) mass is 447 g/mol. The summed E-state index contributed by atoms with van der Waals surface area (Å²) in [6, 6.07) is 5.12. The summed E-state index contributed by atoms with van der Waals surface area (Å²) in [5.41, 5.74) is -1.52. The Bertz CT molecular complexity index is 961. The predicted molar refractivity (Wildman–Crippen MR) is 100 cm³/mol. The van der Waals surface area contributed by atoms with Gasteiger partial charge in [-0.1, -0.05) is 0 Å². The number of alkyl halides is 3. The number of amides is 1. The number of nitrogens with one attached hydrogen (secondary N) is 2. The van der Waals surface area contributed by atoms with Crippen LogP contribution in [0.25, 0.3) is 0 Å². The van der Waals surface area contributed by atoms with E-state index in [1.165, 1.54) is 0 Å². The molecule has 0 atom stereocenters. The quantitative estimate of drug-likeness (QED) is 0.647. The Hall–Kier alpha value is -2.35. The second-order valence-electron chi connectivity index (χ2n) is 8.10. The van der Waals surface area contributed by atoms with Crippen LogP contribution in [-0.2, 0) is 10.0 Å². The first kappa shape index (κ1) is 22.3. The van der Waals surface area contributed by atoms with Gasteiger partial charge in [-0.05, 0) is 56.7 Å². The number of anilines is 1. The normalized spacial score (nSPS) is 26.1. The number of fused-ring (bicyclic) bond motifs is 3. The molecule has 1 aromatic rings. The Balaban J connectivity index is 1.77. The lowest BCUT2D eigenvalue weighted by atomic mass is 9.58. The van der Waals surface area contributed by atoms with Crippen molar-refractivity contribution in [1.82, 2.24) is 5.32 Å². The molecule has 3 aliphatic rings. The first-order valence-electron chi connectivity index (χ1n) is 9.47. The van der Waals surface area contributed by atoms with Crippen molar-refractivity contribution in [3.05, 3.63) is 29.6 Å². The molecule has 0 aliphatic heterocycles. The number of carbonyl (C=O) groups excluding carboxylic acids is 1. The zero-order valence-corrected chi connectivity index (χ0v) is 16.8. The Morgan fingerprint density at radius 1 is 1.13 bits per heavy atom. The number of hydrogen-bond donors (Lipinski definition) is 2. The largest absolute Gasteiger partial charge is 0.390 e. The van der Waals surface area contributed by atoms with Crippen molar-refractivity contribution in [3.8, 4) is 6.07 Å². The lowest BCUT2D eigenvalue weighted by molar-refractivity contribution is -0.129. The average Bonchev–Trinajstić information content (AvgIpc) is 2.68. The summed E-state index contributed by atoms with van der Waals surface area (Å²) in [5, 5.41) is 12.2. The van der Waals surface area contributed by atoms with Gasteiger partial charge in [0, 0.05) is 5.54 Å². The van der Waals surface area contributed by atoms with Crippen LogP contribution >= 0.6 is 0 Å². The minimum Gasteiger partial charge on any atom is -0.347 e. The van der Waals surface area contributed by atoms with E-state index in [4.69, 9.17) is 0 Å². The molecular weight excluding hydrogens is 426 g/mol. The fraction of sp³-hybridized carbons (Fsp3) is 0.579. The lowest BCUT2D eigenvalue weighted by Crippen LogP contribution is -2.56. The molecule has 6 nitrogen and oxygen atoms in total. The molecule has 0 unspecified atom stereocenters. The molecule has 164 valence electrons. The molecular formula is C19H21F4N3O3S. The smallest absolute Gasteiger partial charge is 0.347 e. The van der Waals surface area contributed by atoms with E-state index in [0.717, 1.165) is 18.2 Å². The third kappa shape index (κ3) is 5.03. The minimum absolute atomic E-state index is 0.287. The SMILES string of the molecule is N#CC12CCC(NC(=O)c3cc(F)ccc3NS(=O)(=O)CCC(F)(F)F)(CC1)CC2. The number of rotatable bonds is 6. The van der Waals surface area contributed by atoms with Gasteiger partial charge in [-0.15, -0.1) is 0 Å². The highest BCUT2D eigenvalue weighted by atomic mass is 32.2. The zero-order chi connectivity index (χ0) is 22.2. The summed E-state index contributed by atoms with van der Waals surface area (Å²) in [5.74, 6) is -2.71. The molecule has 0 radical (unpaired) electrons. The molecule has 3 fully saturated rings. The summed E-state index contributed by atoms with van der Waals surface area (Å²) in [4.78, 5) is 12.9. The number of carbonyl (C=O) groups is 1. The van der Waals surface area contributed by atoms with Crippen LogP contribution in [0.5, 0.6) is 0 Å². The van der Waals surface area contributed by atoms with Crippen LogP contribution in [0.4, 0.5) is 23.2 Å². The lowest BCUT2D eigenvalue weighted by Gasteiger charge is -2.50. The van der Waals surface area contributed by atoms with Crippen molar-refractivity contribution < 1.29 is 30.8 Å². The van der Waals surface area contributed by atoms with Gasteiger partial charge in [-0.3, -0.25) is 9.52 Å². The molecule has 1 aromatic carbocycles. The van der Waals surface area contributed by atoms with Gasteiger partial charge in [-0.2, -0.15) is 18.4 Å². The van der Waals surface area contributed by atoms with Gasteiger partial charge in [0.15, 0.2) is 0 Å². The van der Waals surface area contributed by atoms with Gasteiger partial charge in [-0.25, -0.2) is 12.8 Å². The molecule has 11 heteroatoms. The number of halogens is 4. The highest BCUT2D eigenvalue weighted by molar-refractivity contribution is 7.92. The van der Waals surface area contributed by atoms with Crippen molar-refractivity contribution in [2.45, 2.75) is 56.7 Å². The maximum Gasteiger partial charge on any atom is 0.390 e. The van der Waals surface area contributed by atoms with E-state index in [9.17, 15) is 36.0 Å². The van der Waals surface area contributed by atoms with E-state index in [1.807, 2.05) is 4.72 Å². The van der Waals surface area contributed by atoms with Crippen molar-refractivity contribution >= 4 is 21.6 Å². The molecule has 2 N–H and O–H groups in total. The van der Waals surface area contributed by atoms with E-state index in [-0.39, 0.29) is 16.7 Å². The predicted octanol–water partition coefficient (Wildman–Crippen LogP) is 3.87. The molecule has 4 rings (SSSR count). The summed E-state index contributed by atoms with van der Waals surface area (Å²) in [6.45, 7) is 0. The first-order chi connectivity index (χ1) is 13.9. The standard InChI is InChI=1S/C19H21F4N3O3S/c20-13-1-2-15(26-30(28,29)10-9-19(21,22)23)14(11-13)16(27)25-18-6-3-17(12-24,4-7-18)5-8-18/h1-2,11,26H,3-10H2,(H,25,27). The Labute approximate surface area is 171 Å². The Morgan fingerprint density at radius 3 is 2.27 bits per heavy atom. The molecule has 3 saturated carbocycles. The second kappa shape index (κ2) is 7.72. The number of sulfonamides is 1. The molecule has 0 aromatic heterocycles. The van der Waals surface area contributed by atoms with E-state index in [0.29, 0.717) is 38.5 Å². The summed E-state index contributed by atoms with van der Waals surface area (Å²) in [6.07, 6.45) is -2.58. The van der Waals surface area contributed by atoms with Crippen LogP contribution in [0, 0.1) is 22.6 Å². The van der Waals surface area contributed by atoms with E-state index < -0.39 is 45.6 Å². The average molecular weight is 447 g/mol. The first-order valence-corrected chi connectivity index (χ1v) is 11.1. The highest BCUT2D eigenvalue weighted by Gasteiger charge is 2.49. The topological polar surface area (TPSA) is 99.1 Å². The molecule has 0 spiro atoms. The third-order valence-corrected chi connectivity index (χ3v) is 7.28.